The maximum atomic E-state index is 12.0. The van der Waals surface area contributed by atoms with Crippen LogP contribution in [0.2, 0.25) is 19.6 Å². The molecule has 22 heavy (non-hydrogen) atoms. The molecule has 3 rings (SSSR count). The minimum absolute atomic E-state index is 0.0277. The van der Waals surface area contributed by atoms with Gasteiger partial charge in [0.1, 0.15) is 13.8 Å². The van der Waals surface area contributed by atoms with Crippen LogP contribution in [0.5, 0.6) is 5.75 Å². The molecular formula is C18H22O3Si. The van der Waals surface area contributed by atoms with E-state index in [1.807, 2.05) is 19.1 Å². The van der Waals surface area contributed by atoms with Gasteiger partial charge < -0.3 is 9.47 Å². The summed E-state index contributed by atoms with van der Waals surface area (Å²) in [7, 11) is -1.38. The van der Waals surface area contributed by atoms with Crippen molar-refractivity contribution in [2.24, 2.45) is 11.8 Å². The quantitative estimate of drug-likeness (QED) is 0.478. The highest BCUT2D eigenvalue weighted by molar-refractivity contribution is 6.83. The van der Waals surface area contributed by atoms with Gasteiger partial charge in [0.25, 0.3) is 0 Å². The lowest BCUT2D eigenvalue weighted by atomic mass is 10.0. The fourth-order valence-electron chi connectivity index (χ4n) is 3.02. The second-order valence-electron chi connectivity index (χ2n) is 7.03. The van der Waals surface area contributed by atoms with Crippen LogP contribution < -0.4 is 4.74 Å². The van der Waals surface area contributed by atoms with Crippen molar-refractivity contribution >= 4 is 14.0 Å². The SMILES string of the molecule is CCOC(=O)C1C2COc3cc(C#C[Si](C)(C)C)ccc3C21. The van der Waals surface area contributed by atoms with E-state index in [0.29, 0.717) is 13.2 Å². The van der Waals surface area contributed by atoms with Crippen molar-refractivity contribution in [3.05, 3.63) is 29.3 Å². The summed E-state index contributed by atoms with van der Waals surface area (Å²) in [6.07, 6.45) is 0. The summed E-state index contributed by atoms with van der Waals surface area (Å²) in [4.78, 5) is 12.0. The Morgan fingerprint density at radius 1 is 1.41 bits per heavy atom. The molecule has 0 N–H and O–H groups in total. The molecule has 1 fully saturated rings. The average molecular weight is 314 g/mol. The number of esters is 1. The number of fused-ring (bicyclic) bond motifs is 3. The van der Waals surface area contributed by atoms with Gasteiger partial charge in [0.15, 0.2) is 0 Å². The molecule has 1 aliphatic heterocycles. The van der Waals surface area contributed by atoms with Crippen molar-refractivity contribution in [1.29, 1.82) is 0 Å². The molecule has 0 bridgehead atoms. The van der Waals surface area contributed by atoms with E-state index in [2.05, 4.69) is 37.2 Å². The Morgan fingerprint density at radius 3 is 2.86 bits per heavy atom. The molecule has 0 aromatic heterocycles. The van der Waals surface area contributed by atoms with Crippen molar-refractivity contribution in [3.8, 4) is 17.2 Å². The molecule has 1 aromatic rings. The smallest absolute Gasteiger partial charge is 0.309 e. The summed E-state index contributed by atoms with van der Waals surface area (Å²) >= 11 is 0. The van der Waals surface area contributed by atoms with Gasteiger partial charge in [0.05, 0.1) is 19.1 Å². The maximum Gasteiger partial charge on any atom is 0.309 e. The molecule has 1 aliphatic carbocycles. The highest BCUT2D eigenvalue weighted by atomic mass is 28.3. The van der Waals surface area contributed by atoms with Crippen LogP contribution in [0.15, 0.2) is 18.2 Å². The largest absolute Gasteiger partial charge is 0.493 e. The lowest BCUT2D eigenvalue weighted by Crippen LogP contribution is -2.16. The van der Waals surface area contributed by atoms with Gasteiger partial charge >= 0.3 is 5.97 Å². The van der Waals surface area contributed by atoms with E-state index >= 15 is 0 Å². The summed E-state index contributed by atoms with van der Waals surface area (Å²) in [5.74, 6) is 4.58. The fraction of sp³-hybridized carbons (Fsp3) is 0.500. The highest BCUT2D eigenvalue weighted by Gasteiger charge is 2.59. The molecule has 3 atom stereocenters. The second kappa shape index (κ2) is 5.48. The topological polar surface area (TPSA) is 35.5 Å². The van der Waals surface area contributed by atoms with Crippen molar-refractivity contribution in [2.75, 3.05) is 13.2 Å². The van der Waals surface area contributed by atoms with E-state index in [-0.39, 0.29) is 23.7 Å². The summed E-state index contributed by atoms with van der Waals surface area (Å²) in [5, 5.41) is 0. The molecule has 1 saturated carbocycles. The van der Waals surface area contributed by atoms with Gasteiger partial charge in [-0.15, -0.1) is 5.54 Å². The van der Waals surface area contributed by atoms with Gasteiger partial charge in [0.2, 0.25) is 0 Å². The van der Waals surface area contributed by atoms with Crippen molar-refractivity contribution in [1.82, 2.24) is 0 Å². The Labute approximate surface area is 133 Å². The monoisotopic (exact) mass is 314 g/mol. The van der Waals surface area contributed by atoms with E-state index in [1.165, 1.54) is 0 Å². The molecule has 0 amide bonds. The van der Waals surface area contributed by atoms with Gasteiger partial charge in [-0.1, -0.05) is 31.6 Å². The summed E-state index contributed by atoms with van der Waals surface area (Å²) in [6, 6.07) is 6.12. The third kappa shape index (κ3) is 2.91. The van der Waals surface area contributed by atoms with Gasteiger partial charge in [-0.25, -0.2) is 0 Å². The van der Waals surface area contributed by atoms with E-state index in [0.717, 1.165) is 16.9 Å². The van der Waals surface area contributed by atoms with Crippen LogP contribution in [-0.2, 0) is 9.53 Å². The first-order valence-electron chi connectivity index (χ1n) is 7.87. The fourth-order valence-corrected chi connectivity index (χ4v) is 3.54. The zero-order valence-corrected chi connectivity index (χ0v) is 14.6. The summed E-state index contributed by atoms with van der Waals surface area (Å²) < 4.78 is 11.0. The summed E-state index contributed by atoms with van der Waals surface area (Å²) in [6.45, 7) is 9.58. The van der Waals surface area contributed by atoms with E-state index in [4.69, 9.17) is 9.47 Å². The van der Waals surface area contributed by atoms with Crippen molar-refractivity contribution in [3.63, 3.8) is 0 Å². The van der Waals surface area contributed by atoms with Crippen LogP contribution in [0.25, 0.3) is 0 Å². The van der Waals surface area contributed by atoms with E-state index in [1.54, 1.807) is 0 Å². The average Bonchev–Trinajstić information content (AvgIpc) is 3.19. The first-order chi connectivity index (χ1) is 10.4. The number of rotatable bonds is 2. The van der Waals surface area contributed by atoms with Crippen LogP contribution in [0, 0.1) is 23.3 Å². The Balaban J connectivity index is 1.81. The van der Waals surface area contributed by atoms with Crippen molar-refractivity contribution < 1.29 is 14.3 Å². The molecule has 1 heterocycles. The molecule has 3 unspecified atom stereocenters. The Bertz CT molecular complexity index is 663. The van der Waals surface area contributed by atoms with E-state index < -0.39 is 8.07 Å². The second-order valence-corrected chi connectivity index (χ2v) is 11.8. The molecule has 3 nitrogen and oxygen atoms in total. The standard InChI is InChI=1S/C18H22O3Si/c1-5-20-18(19)17-14-11-21-15-10-12(8-9-22(2,3)4)6-7-13(15)16(14)17/h6-7,10,14,16-17H,5,11H2,1-4H3. The summed E-state index contributed by atoms with van der Waals surface area (Å²) in [5.41, 5.74) is 5.50. The van der Waals surface area contributed by atoms with Gasteiger partial charge in [0, 0.05) is 17.4 Å². The molecular weight excluding hydrogens is 292 g/mol. The molecule has 4 heteroatoms. The Kier molecular flexibility index (Phi) is 3.78. The van der Waals surface area contributed by atoms with Gasteiger partial charge in [-0.05, 0) is 24.6 Å². The van der Waals surface area contributed by atoms with Crippen LogP contribution in [0.1, 0.15) is 24.0 Å². The van der Waals surface area contributed by atoms with Crippen molar-refractivity contribution in [2.45, 2.75) is 32.5 Å². The number of carbonyl (C=O) groups excluding carboxylic acids is 1. The lowest BCUT2D eigenvalue weighted by molar-refractivity contribution is -0.145. The maximum absolute atomic E-state index is 12.0. The first-order valence-corrected chi connectivity index (χ1v) is 11.4. The van der Waals surface area contributed by atoms with Crippen LogP contribution in [-0.4, -0.2) is 27.3 Å². The van der Waals surface area contributed by atoms with Crippen LogP contribution in [0.3, 0.4) is 0 Å². The minimum atomic E-state index is -1.38. The highest BCUT2D eigenvalue weighted by Crippen LogP contribution is 2.59. The Hall–Kier alpha value is -1.73. The zero-order valence-electron chi connectivity index (χ0n) is 13.6. The lowest BCUT2D eigenvalue weighted by Gasteiger charge is -2.16. The van der Waals surface area contributed by atoms with Crippen LogP contribution in [0.4, 0.5) is 0 Å². The first kappa shape index (κ1) is 15.2. The van der Waals surface area contributed by atoms with E-state index in [9.17, 15) is 4.79 Å². The molecule has 1 aromatic carbocycles. The van der Waals surface area contributed by atoms with Crippen LogP contribution >= 0.6 is 0 Å². The number of ether oxygens (including phenoxy) is 2. The predicted molar refractivity (Wildman–Crippen MR) is 88.5 cm³/mol. The third-order valence-corrected chi connectivity index (χ3v) is 4.99. The predicted octanol–water partition coefficient (Wildman–Crippen LogP) is 3.20. The van der Waals surface area contributed by atoms with Gasteiger partial charge in [-0.3, -0.25) is 4.79 Å². The minimum Gasteiger partial charge on any atom is -0.493 e. The number of carbonyl (C=O) groups is 1. The molecule has 0 spiro atoms. The Morgan fingerprint density at radius 2 is 2.18 bits per heavy atom. The molecule has 116 valence electrons. The normalized spacial score (nSPS) is 25.0. The molecule has 0 radical (unpaired) electrons. The van der Waals surface area contributed by atoms with Gasteiger partial charge in [-0.2, -0.15) is 0 Å². The number of hydrogen-bond acceptors (Lipinski definition) is 3. The number of hydrogen-bond donors (Lipinski definition) is 0. The zero-order chi connectivity index (χ0) is 15.9. The number of benzene rings is 1. The third-order valence-electron chi connectivity index (χ3n) is 4.11. The molecule has 0 saturated heterocycles. The molecule has 2 aliphatic rings.